The van der Waals surface area contributed by atoms with Crippen molar-refractivity contribution in [1.82, 2.24) is 10.2 Å². The molecule has 0 aliphatic carbocycles. The largest absolute Gasteiger partial charge is 0.462 e. The van der Waals surface area contributed by atoms with E-state index in [1.165, 1.54) is 24.3 Å². The number of nitro groups is 1. The monoisotopic (exact) mass is 415 g/mol. The van der Waals surface area contributed by atoms with Crippen LogP contribution in [0.25, 0.3) is 0 Å². The average Bonchev–Trinajstić information content (AvgIpc) is 2.58. The van der Waals surface area contributed by atoms with Crippen molar-refractivity contribution in [2.75, 3.05) is 6.54 Å². The van der Waals surface area contributed by atoms with E-state index >= 15 is 0 Å². The molecule has 0 aromatic heterocycles. The van der Waals surface area contributed by atoms with E-state index in [0.717, 1.165) is 0 Å². The lowest BCUT2D eigenvalue weighted by molar-refractivity contribution is -0.384. The maximum absolute atomic E-state index is 12.0. The first-order valence-electron chi connectivity index (χ1n) is 8.70. The smallest absolute Gasteiger partial charge is 0.323 e. The molecule has 156 valence electrons. The van der Waals surface area contributed by atoms with Crippen LogP contribution < -0.4 is 14.7 Å². The zero-order valence-electron chi connectivity index (χ0n) is 16.5. The van der Waals surface area contributed by atoms with E-state index in [0.29, 0.717) is 5.75 Å². The Hall–Kier alpha value is -2.29. The lowest BCUT2D eigenvalue weighted by Crippen LogP contribution is -2.38. The number of carbonyl (C=O) groups is 2. The SMILES string of the molecule is CC(C)OC(=O)CNP(NC(C)C(=O)OC(C)C)Oc1ccc([N+](=O)[O-])cc1. The van der Waals surface area contributed by atoms with Crippen molar-refractivity contribution in [3.63, 3.8) is 0 Å². The number of nitrogens with one attached hydrogen (secondary N) is 2. The van der Waals surface area contributed by atoms with Crippen LogP contribution in [-0.4, -0.2) is 41.7 Å². The molecule has 2 unspecified atom stereocenters. The molecule has 0 aliphatic rings. The molecule has 0 heterocycles. The van der Waals surface area contributed by atoms with Crippen molar-refractivity contribution < 1.29 is 28.5 Å². The highest BCUT2D eigenvalue weighted by atomic mass is 31.2. The molecule has 1 aromatic carbocycles. The second-order valence-corrected chi connectivity index (χ2v) is 7.69. The van der Waals surface area contributed by atoms with Crippen LogP contribution in [-0.2, 0) is 19.1 Å². The Morgan fingerprint density at radius 2 is 1.64 bits per heavy atom. The normalized spacial score (nSPS) is 13.1. The van der Waals surface area contributed by atoms with Crippen LogP contribution in [0.2, 0.25) is 0 Å². The Morgan fingerprint density at radius 3 is 2.14 bits per heavy atom. The maximum atomic E-state index is 12.0. The lowest BCUT2D eigenvalue weighted by Gasteiger charge is -2.23. The number of hydrogen-bond acceptors (Lipinski definition) is 9. The molecule has 1 rings (SSSR count). The summed E-state index contributed by atoms with van der Waals surface area (Å²) in [6.07, 6.45) is -0.531. The second-order valence-electron chi connectivity index (χ2n) is 6.35. The number of nitro benzene ring substituents is 1. The highest BCUT2D eigenvalue weighted by molar-refractivity contribution is 7.48. The molecule has 0 spiro atoms. The van der Waals surface area contributed by atoms with Crippen molar-refractivity contribution >= 4 is 26.1 Å². The van der Waals surface area contributed by atoms with Gasteiger partial charge in [-0.15, -0.1) is 0 Å². The number of benzene rings is 1. The van der Waals surface area contributed by atoms with Gasteiger partial charge in [0.15, 0.2) is 0 Å². The van der Waals surface area contributed by atoms with Crippen molar-refractivity contribution in [2.24, 2.45) is 0 Å². The Labute approximate surface area is 165 Å². The number of ether oxygens (including phenoxy) is 2. The standard InChI is InChI=1S/C17H26N3O7P/c1-11(2)25-16(21)10-18-28(19-13(5)17(22)26-12(3)4)27-15-8-6-14(7-9-15)20(23)24/h6-9,11-13,18-19H,10H2,1-5H3. The molecule has 0 fully saturated rings. The van der Waals surface area contributed by atoms with Gasteiger partial charge in [0, 0.05) is 12.1 Å². The summed E-state index contributed by atoms with van der Waals surface area (Å²) in [4.78, 5) is 34.0. The Morgan fingerprint density at radius 1 is 1.07 bits per heavy atom. The molecule has 0 aliphatic heterocycles. The summed E-state index contributed by atoms with van der Waals surface area (Å²) in [6, 6.07) is 4.75. The number of esters is 2. The third kappa shape index (κ3) is 9.07. The van der Waals surface area contributed by atoms with Crippen LogP contribution in [0.15, 0.2) is 24.3 Å². The molecule has 0 saturated heterocycles. The minimum Gasteiger partial charge on any atom is -0.462 e. The Bertz CT molecular complexity index is 667. The number of hydrogen-bond donors (Lipinski definition) is 2. The molecular formula is C17H26N3O7P. The van der Waals surface area contributed by atoms with Crippen LogP contribution in [0, 0.1) is 10.1 Å². The Balaban J connectivity index is 2.79. The number of rotatable bonds is 11. The third-order valence-electron chi connectivity index (χ3n) is 2.99. The zero-order valence-corrected chi connectivity index (χ0v) is 17.4. The van der Waals surface area contributed by atoms with Crippen LogP contribution in [0.3, 0.4) is 0 Å². The molecule has 0 radical (unpaired) electrons. The van der Waals surface area contributed by atoms with E-state index in [-0.39, 0.29) is 24.4 Å². The highest BCUT2D eigenvalue weighted by Crippen LogP contribution is 2.31. The average molecular weight is 415 g/mol. The van der Waals surface area contributed by atoms with E-state index in [9.17, 15) is 19.7 Å². The van der Waals surface area contributed by atoms with Gasteiger partial charge >= 0.3 is 11.9 Å². The molecule has 0 saturated carbocycles. The van der Waals surface area contributed by atoms with Gasteiger partial charge in [0.05, 0.1) is 17.1 Å². The predicted molar refractivity (Wildman–Crippen MR) is 104 cm³/mol. The fraction of sp³-hybridized carbons (Fsp3) is 0.529. The van der Waals surface area contributed by atoms with Crippen LogP contribution >= 0.6 is 8.45 Å². The summed E-state index contributed by atoms with van der Waals surface area (Å²) in [5.74, 6) is -0.617. The van der Waals surface area contributed by atoms with Gasteiger partial charge in [0.25, 0.3) is 5.69 Å². The summed E-state index contributed by atoms with van der Waals surface area (Å²) in [6.45, 7) is 8.40. The van der Waals surface area contributed by atoms with Crippen molar-refractivity contribution in [1.29, 1.82) is 0 Å². The number of nitrogens with zero attached hydrogens (tertiary/aromatic N) is 1. The van der Waals surface area contributed by atoms with Gasteiger partial charge in [-0.25, -0.2) is 10.2 Å². The van der Waals surface area contributed by atoms with Crippen LogP contribution in [0.4, 0.5) is 5.69 Å². The summed E-state index contributed by atoms with van der Waals surface area (Å²) in [5.41, 5.74) is -0.0769. The van der Waals surface area contributed by atoms with Gasteiger partial charge in [-0.1, -0.05) is 0 Å². The van der Waals surface area contributed by atoms with E-state index in [1.54, 1.807) is 34.6 Å². The molecule has 2 N–H and O–H groups in total. The van der Waals surface area contributed by atoms with Gasteiger partial charge in [-0.05, 0) is 46.8 Å². The number of carbonyl (C=O) groups excluding carboxylic acids is 2. The third-order valence-corrected chi connectivity index (χ3v) is 4.46. The molecule has 11 heteroatoms. The van der Waals surface area contributed by atoms with E-state index in [4.69, 9.17) is 14.0 Å². The van der Waals surface area contributed by atoms with E-state index < -0.39 is 31.4 Å². The minimum atomic E-state index is -1.69. The fourth-order valence-corrected chi connectivity index (χ4v) is 3.11. The van der Waals surface area contributed by atoms with Gasteiger partial charge < -0.3 is 14.0 Å². The summed E-state index contributed by atoms with van der Waals surface area (Å²) < 4.78 is 15.9. The summed E-state index contributed by atoms with van der Waals surface area (Å²) in [5, 5.41) is 16.5. The molecular weight excluding hydrogens is 389 g/mol. The Kier molecular flexibility index (Phi) is 9.78. The maximum Gasteiger partial charge on any atom is 0.323 e. The quantitative estimate of drug-likeness (QED) is 0.242. The molecule has 0 bridgehead atoms. The second kappa shape index (κ2) is 11.5. The first kappa shape index (κ1) is 23.7. The zero-order chi connectivity index (χ0) is 21.3. The first-order valence-corrected chi connectivity index (χ1v) is 9.96. The molecule has 10 nitrogen and oxygen atoms in total. The molecule has 2 atom stereocenters. The van der Waals surface area contributed by atoms with Gasteiger partial charge in [-0.3, -0.25) is 19.7 Å². The highest BCUT2D eigenvalue weighted by Gasteiger charge is 2.23. The van der Waals surface area contributed by atoms with Crippen LogP contribution in [0.1, 0.15) is 34.6 Å². The van der Waals surface area contributed by atoms with Gasteiger partial charge in [0.2, 0.25) is 8.45 Å². The molecule has 0 amide bonds. The van der Waals surface area contributed by atoms with Gasteiger partial charge in [0.1, 0.15) is 18.3 Å². The fourth-order valence-electron chi connectivity index (χ4n) is 1.84. The van der Waals surface area contributed by atoms with Gasteiger partial charge in [-0.2, -0.15) is 0 Å². The topological polar surface area (TPSA) is 129 Å². The van der Waals surface area contributed by atoms with Crippen molar-refractivity contribution in [2.45, 2.75) is 52.9 Å². The summed E-state index contributed by atoms with van der Waals surface area (Å²) in [7, 11) is -1.69. The predicted octanol–water partition coefficient (Wildman–Crippen LogP) is 2.67. The summed E-state index contributed by atoms with van der Waals surface area (Å²) >= 11 is 0. The van der Waals surface area contributed by atoms with Crippen molar-refractivity contribution in [3.8, 4) is 5.75 Å². The molecule has 1 aromatic rings. The molecule has 28 heavy (non-hydrogen) atoms. The van der Waals surface area contributed by atoms with E-state index in [2.05, 4.69) is 10.2 Å². The van der Waals surface area contributed by atoms with E-state index in [1.807, 2.05) is 0 Å². The van der Waals surface area contributed by atoms with Crippen LogP contribution in [0.5, 0.6) is 5.75 Å². The minimum absolute atomic E-state index is 0.0769. The first-order chi connectivity index (χ1) is 13.1. The lowest BCUT2D eigenvalue weighted by atomic mass is 10.3. The van der Waals surface area contributed by atoms with Crippen molar-refractivity contribution in [3.05, 3.63) is 34.4 Å². The number of non-ortho nitro benzene ring substituents is 1.